The summed E-state index contributed by atoms with van der Waals surface area (Å²) in [6.45, 7) is 0. The number of aliphatic carboxylic acids is 1. The van der Waals surface area contributed by atoms with Crippen LogP contribution in [0, 0.1) is 11.8 Å². The smallest absolute Gasteiger partial charge is 0.307 e. The number of thiol groups is 1. The molecule has 0 radical (unpaired) electrons. The monoisotopic (exact) mass is 216 g/mol. The summed E-state index contributed by atoms with van der Waals surface area (Å²) in [5.74, 6) is -0.930. The summed E-state index contributed by atoms with van der Waals surface area (Å²) in [5.41, 5.74) is 0. The van der Waals surface area contributed by atoms with Crippen LogP contribution in [0.15, 0.2) is 0 Å². The van der Waals surface area contributed by atoms with Crippen molar-refractivity contribution in [3.05, 3.63) is 0 Å². The van der Waals surface area contributed by atoms with Crippen LogP contribution in [-0.4, -0.2) is 22.6 Å². The second-order valence-electron chi connectivity index (χ2n) is 3.78. The van der Waals surface area contributed by atoms with Gasteiger partial charge in [0.2, 0.25) is 0 Å². The van der Waals surface area contributed by atoms with E-state index >= 15 is 0 Å². The molecule has 1 rings (SSSR count). The van der Waals surface area contributed by atoms with E-state index in [1.54, 1.807) is 0 Å². The number of ketones is 1. The average Bonchev–Trinajstić information content (AvgIpc) is 2.18. The number of hydrogen-bond donors (Lipinski definition) is 2. The van der Waals surface area contributed by atoms with E-state index in [-0.39, 0.29) is 11.7 Å². The predicted octanol–water partition coefficient (Wildman–Crippen LogP) is 1.77. The van der Waals surface area contributed by atoms with Gasteiger partial charge in [0.1, 0.15) is 5.78 Å². The lowest BCUT2D eigenvalue weighted by molar-refractivity contribution is -0.148. The van der Waals surface area contributed by atoms with Crippen molar-refractivity contribution in [2.75, 3.05) is 5.75 Å². The molecule has 1 N–H and O–H groups in total. The van der Waals surface area contributed by atoms with Crippen LogP contribution in [0.4, 0.5) is 0 Å². The Morgan fingerprint density at radius 1 is 1.21 bits per heavy atom. The largest absolute Gasteiger partial charge is 0.481 e. The zero-order chi connectivity index (χ0) is 10.6. The Hall–Kier alpha value is -0.510. The molecular weight excluding hydrogens is 200 g/mol. The van der Waals surface area contributed by atoms with Crippen molar-refractivity contribution in [3.8, 4) is 0 Å². The van der Waals surface area contributed by atoms with Gasteiger partial charge in [-0.15, -0.1) is 0 Å². The highest BCUT2D eigenvalue weighted by atomic mass is 32.1. The molecule has 80 valence electrons. The maximum atomic E-state index is 11.6. The quantitative estimate of drug-likeness (QED) is 0.704. The van der Waals surface area contributed by atoms with E-state index in [0.717, 1.165) is 19.3 Å². The molecule has 0 aromatic rings. The third kappa shape index (κ3) is 2.74. The number of carboxylic acids is 1. The number of rotatable bonds is 4. The molecule has 14 heavy (non-hydrogen) atoms. The molecule has 1 saturated carbocycles. The SMILES string of the molecule is O=C(O)[C@H]1CCCC[C@@H]1C(=O)CCS. The standard InChI is InChI=1S/C10H16O3S/c11-9(5-6-14)7-3-1-2-4-8(7)10(12)13/h7-8,14H,1-6H2,(H,12,13)/t7-,8-/m0/s1. The minimum absolute atomic E-state index is 0.0760. The molecule has 3 nitrogen and oxygen atoms in total. The van der Waals surface area contributed by atoms with Gasteiger partial charge >= 0.3 is 5.97 Å². The van der Waals surface area contributed by atoms with Gasteiger partial charge in [-0.2, -0.15) is 12.6 Å². The van der Waals surface area contributed by atoms with Gasteiger partial charge in [0.25, 0.3) is 0 Å². The zero-order valence-electron chi connectivity index (χ0n) is 8.11. The van der Waals surface area contributed by atoms with Crippen LogP contribution >= 0.6 is 12.6 Å². The van der Waals surface area contributed by atoms with Crippen LogP contribution in [0.1, 0.15) is 32.1 Å². The predicted molar refractivity (Wildman–Crippen MR) is 56.6 cm³/mol. The normalized spacial score (nSPS) is 27.2. The molecule has 0 unspecified atom stereocenters. The molecule has 1 aliphatic rings. The van der Waals surface area contributed by atoms with Gasteiger partial charge in [-0.25, -0.2) is 0 Å². The molecule has 0 amide bonds. The summed E-state index contributed by atoms with van der Waals surface area (Å²) >= 11 is 3.99. The average molecular weight is 216 g/mol. The van der Waals surface area contributed by atoms with E-state index in [1.807, 2.05) is 0 Å². The van der Waals surface area contributed by atoms with E-state index in [0.29, 0.717) is 18.6 Å². The Balaban J connectivity index is 2.62. The van der Waals surface area contributed by atoms with Crippen molar-refractivity contribution < 1.29 is 14.7 Å². The fraction of sp³-hybridized carbons (Fsp3) is 0.800. The number of carbonyl (C=O) groups is 2. The van der Waals surface area contributed by atoms with Crippen LogP contribution in [0.3, 0.4) is 0 Å². The summed E-state index contributed by atoms with van der Waals surface area (Å²) in [4.78, 5) is 22.5. The highest BCUT2D eigenvalue weighted by molar-refractivity contribution is 7.80. The maximum absolute atomic E-state index is 11.6. The molecule has 1 fully saturated rings. The van der Waals surface area contributed by atoms with Crippen LogP contribution in [-0.2, 0) is 9.59 Å². The Labute approximate surface area is 89.3 Å². The van der Waals surface area contributed by atoms with Crippen molar-refractivity contribution >= 4 is 24.4 Å². The first-order valence-corrected chi connectivity index (χ1v) is 5.66. The molecule has 0 aliphatic heterocycles. The van der Waals surface area contributed by atoms with Crippen molar-refractivity contribution in [2.24, 2.45) is 11.8 Å². The second kappa shape index (κ2) is 5.39. The van der Waals surface area contributed by atoms with Crippen LogP contribution in [0.5, 0.6) is 0 Å². The summed E-state index contributed by atoms with van der Waals surface area (Å²) in [6.07, 6.45) is 3.70. The van der Waals surface area contributed by atoms with E-state index in [9.17, 15) is 9.59 Å². The highest BCUT2D eigenvalue weighted by Gasteiger charge is 2.34. The summed E-state index contributed by atoms with van der Waals surface area (Å²) in [5, 5.41) is 8.95. The fourth-order valence-corrected chi connectivity index (χ4v) is 2.33. The van der Waals surface area contributed by atoms with Gasteiger partial charge in [-0.1, -0.05) is 12.8 Å². The number of carboxylic acid groups (broad SMARTS) is 1. The molecule has 0 saturated heterocycles. The first-order valence-electron chi connectivity index (χ1n) is 5.03. The van der Waals surface area contributed by atoms with Gasteiger partial charge in [0.15, 0.2) is 0 Å². The minimum atomic E-state index is -0.817. The van der Waals surface area contributed by atoms with E-state index < -0.39 is 11.9 Å². The van der Waals surface area contributed by atoms with Gasteiger partial charge < -0.3 is 5.11 Å². The first kappa shape index (κ1) is 11.6. The van der Waals surface area contributed by atoms with Gasteiger partial charge in [-0.3, -0.25) is 9.59 Å². The van der Waals surface area contributed by atoms with Gasteiger partial charge in [0.05, 0.1) is 5.92 Å². The number of hydrogen-bond acceptors (Lipinski definition) is 3. The minimum Gasteiger partial charge on any atom is -0.481 e. The molecule has 0 bridgehead atoms. The Morgan fingerprint density at radius 3 is 2.29 bits per heavy atom. The van der Waals surface area contributed by atoms with Crippen LogP contribution in [0.25, 0.3) is 0 Å². The molecule has 0 spiro atoms. The molecule has 1 aliphatic carbocycles. The summed E-state index contributed by atoms with van der Waals surface area (Å²) < 4.78 is 0. The Kier molecular flexibility index (Phi) is 4.45. The molecule has 2 atom stereocenters. The third-order valence-corrected chi connectivity index (χ3v) is 3.08. The summed E-state index contributed by atoms with van der Waals surface area (Å²) in [6, 6.07) is 0. The lowest BCUT2D eigenvalue weighted by Crippen LogP contribution is -2.32. The molecule has 0 aromatic heterocycles. The topological polar surface area (TPSA) is 54.4 Å². The van der Waals surface area contributed by atoms with E-state index in [4.69, 9.17) is 5.11 Å². The second-order valence-corrected chi connectivity index (χ2v) is 4.22. The van der Waals surface area contributed by atoms with Crippen molar-refractivity contribution in [2.45, 2.75) is 32.1 Å². The fourth-order valence-electron chi connectivity index (χ4n) is 2.11. The zero-order valence-corrected chi connectivity index (χ0v) is 9.00. The van der Waals surface area contributed by atoms with E-state index in [1.165, 1.54) is 0 Å². The molecule has 0 heterocycles. The van der Waals surface area contributed by atoms with Crippen molar-refractivity contribution in [3.63, 3.8) is 0 Å². The third-order valence-electron chi connectivity index (χ3n) is 2.85. The van der Waals surface area contributed by atoms with Crippen molar-refractivity contribution in [1.29, 1.82) is 0 Å². The van der Waals surface area contributed by atoms with Gasteiger partial charge in [-0.05, 0) is 18.6 Å². The van der Waals surface area contributed by atoms with Gasteiger partial charge in [0, 0.05) is 12.3 Å². The maximum Gasteiger partial charge on any atom is 0.307 e. The molecule has 4 heteroatoms. The summed E-state index contributed by atoms with van der Waals surface area (Å²) in [7, 11) is 0. The lowest BCUT2D eigenvalue weighted by Gasteiger charge is -2.27. The highest BCUT2D eigenvalue weighted by Crippen LogP contribution is 2.31. The molecule has 0 aromatic carbocycles. The lowest BCUT2D eigenvalue weighted by atomic mass is 9.76. The van der Waals surface area contributed by atoms with E-state index in [2.05, 4.69) is 12.6 Å². The van der Waals surface area contributed by atoms with Crippen LogP contribution < -0.4 is 0 Å². The van der Waals surface area contributed by atoms with Crippen LogP contribution in [0.2, 0.25) is 0 Å². The Morgan fingerprint density at radius 2 is 1.79 bits per heavy atom. The number of Topliss-reactive ketones (excluding diaryl/α,β-unsaturated/α-hetero) is 1. The van der Waals surface area contributed by atoms with Crippen molar-refractivity contribution in [1.82, 2.24) is 0 Å². The molecular formula is C10H16O3S. The first-order chi connectivity index (χ1) is 6.66. The number of carbonyl (C=O) groups excluding carboxylic acids is 1. The Bertz CT molecular complexity index is 227.